The summed E-state index contributed by atoms with van der Waals surface area (Å²) in [6.45, 7) is -0.400. The number of anilines is 1. The van der Waals surface area contributed by atoms with Gasteiger partial charge < -0.3 is 10.1 Å². The Morgan fingerprint density at radius 2 is 1.88 bits per heavy atom. The van der Waals surface area contributed by atoms with Crippen molar-refractivity contribution in [2.75, 3.05) is 11.9 Å². The van der Waals surface area contributed by atoms with Crippen LogP contribution in [0.4, 0.5) is 5.69 Å². The Balaban J connectivity index is 1.66. The van der Waals surface area contributed by atoms with E-state index in [1.165, 1.54) is 18.2 Å². The molecule has 0 unspecified atom stereocenters. The molecule has 5 nitrogen and oxygen atoms in total. The van der Waals surface area contributed by atoms with Crippen molar-refractivity contribution in [3.8, 4) is 0 Å². The molecule has 25 heavy (non-hydrogen) atoms. The summed E-state index contributed by atoms with van der Waals surface area (Å²) >= 11 is 11.7. The summed E-state index contributed by atoms with van der Waals surface area (Å²) in [7, 11) is 0. The van der Waals surface area contributed by atoms with E-state index in [0.717, 1.165) is 5.56 Å². The minimum atomic E-state index is -0.694. The summed E-state index contributed by atoms with van der Waals surface area (Å²) < 4.78 is 5.04. The molecule has 1 aliphatic heterocycles. The van der Waals surface area contributed by atoms with Crippen LogP contribution in [0.2, 0.25) is 10.0 Å². The van der Waals surface area contributed by atoms with Crippen LogP contribution in [0.1, 0.15) is 32.7 Å². The zero-order chi connectivity index (χ0) is 18.0. The fourth-order valence-corrected chi connectivity index (χ4v) is 2.99. The molecule has 3 rings (SSSR count). The lowest BCUT2D eigenvalue weighted by molar-refractivity contribution is -0.116. The summed E-state index contributed by atoms with van der Waals surface area (Å²) in [6, 6.07) is 9.37. The Morgan fingerprint density at radius 1 is 1.08 bits per heavy atom. The highest BCUT2D eigenvalue weighted by Crippen LogP contribution is 2.24. The normalized spacial score (nSPS) is 13.0. The number of fused-ring (bicyclic) bond motifs is 1. The first-order valence-corrected chi connectivity index (χ1v) is 8.28. The van der Waals surface area contributed by atoms with E-state index in [1.807, 2.05) is 0 Å². The topological polar surface area (TPSA) is 72.5 Å². The van der Waals surface area contributed by atoms with Gasteiger partial charge in [-0.3, -0.25) is 9.59 Å². The van der Waals surface area contributed by atoms with E-state index >= 15 is 0 Å². The van der Waals surface area contributed by atoms with Crippen LogP contribution < -0.4 is 5.32 Å². The van der Waals surface area contributed by atoms with Gasteiger partial charge in [-0.1, -0.05) is 23.2 Å². The van der Waals surface area contributed by atoms with Crippen LogP contribution in [0.25, 0.3) is 0 Å². The van der Waals surface area contributed by atoms with Gasteiger partial charge in [0.25, 0.3) is 0 Å². The second-order valence-corrected chi connectivity index (χ2v) is 6.39. The molecule has 0 saturated heterocycles. The number of ketones is 1. The van der Waals surface area contributed by atoms with Crippen LogP contribution in [0, 0.1) is 0 Å². The first-order chi connectivity index (χ1) is 11.9. The zero-order valence-corrected chi connectivity index (χ0v) is 14.5. The van der Waals surface area contributed by atoms with Crippen molar-refractivity contribution in [1.29, 1.82) is 0 Å². The average Bonchev–Trinajstić information content (AvgIpc) is 2.58. The van der Waals surface area contributed by atoms with E-state index in [0.29, 0.717) is 29.1 Å². The van der Waals surface area contributed by atoms with E-state index < -0.39 is 12.6 Å². The number of aryl methyl sites for hydroxylation is 1. The van der Waals surface area contributed by atoms with Gasteiger partial charge in [0.15, 0.2) is 12.4 Å². The summed E-state index contributed by atoms with van der Waals surface area (Å²) in [5.74, 6) is -1.07. The number of carbonyl (C=O) groups is 3. The van der Waals surface area contributed by atoms with E-state index in [-0.39, 0.29) is 22.3 Å². The van der Waals surface area contributed by atoms with Gasteiger partial charge in [-0.25, -0.2) is 4.79 Å². The number of Topliss-reactive ketones (excluding diaryl/α,β-unsaturated/α-hetero) is 1. The van der Waals surface area contributed by atoms with Crippen molar-refractivity contribution in [3.63, 3.8) is 0 Å². The van der Waals surface area contributed by atoms with Crippen molar-refractivity contribution in [2.45, 2.75) is 12.8 Å². The second-order valence-electron chi connectivity index (χ2n) is 5.54. The molecule has 128 valence electrons. The molecular formula is C18H13Cl2NO4. The largest absolute Gasteiger partial charge is 0.454 e. The number of carbonyl (C=O) groups excluding carboxylic acids is 3. The lowest BCUT2D eigenvalue weighted by atomic mass is 9.99. The summed E-state index contributed by atoms with van der Waals surface area (Å²) in [4.78, 5) is 35.6. The number of esters is 1. The van der Waals surface area contributed by atoms with Gasteiger partial charge in [-0.15, -0.1) is 0 Å². The maximum Gasteiger partial charge on any atom is 0.340 e. The van der Waals surface area contributed by atoms with Crippen LogP contribution in [0.5, 0.6) is 0 Å². The van der Waals surface area contributed by atoms with Crippen molar-refractivity contribution in [1.82, 2.24) is 0 Å². The van der Waals surface area contributed by atoms with Crippen LogP contribution in [0.15, 0.2) is 36.4 Å². The Hall–Kier alpha value is -2.37. The lowest BCUT2D eigenvalue weighted by Crippen LogP contribution is -2.20. The fraction of sp³-hybridized carbons (Fsp3) is 0.167. The Morgan fingerprint density at radius 3 is 2.64 bits per heavy atom. The zero-order valence-electron chi connectivity index (χ0n) is 13.0. The van der Waals surface area contributed by atoms with Crippen molar-refractivity contribution in [2.24, 2.45) is 0 Å². The van der Waals surface area contributed by atoms with Crippen LogP contribution in [0.3, 0.4) is 0 Å². The smallest absolute Gasteiger partial charge is 0.340 e. The molecule has 1 amide bonds. The number of hydrogen-bond acceptors (Lipinski definition) is 4. The maximum atomic E-state index is 12.3. The molecule has 1 N–H and O–H groups in total. The van der Waals surface area contributed by atoms with Gasteiger partial charge in [0.05, 0.1) is 10.6 Å². The summed E-state index contributed by atoms with van der Waals surface area (Å²) in [5, 5.41) is 3.31. The molecule has 1 aliphatic rings. The van der Waals surface area contributed by atoms with E-state index in [2.05, 4.69) is 5.32 Å². The van der Waals surface area contributed by atoms with Crippen molar-refractivity contribution >= 4 is 46.5 Å². The third-order valence-corrected chi connectivity index (χ3v) is 4.36. The van der Waals surface area contributed by atoms with Crippen LogP contribution in [-0.4, -0.2) is 24.3 Å². The monoisotopic (exact) mass is 377 g/mol. The van der Waals surface area contributed by atoms with Gasteiger partial charge >= 0.3 is 5.97 Å². The number of ether oxygens (including phenoxy) is 1. The molecule has 0 spiro atoms. The van der Waals surface area contributed by atoms with E-state index in [4.69, 9.17) is 27.9 Å². The number of hydrogen-bond donors (Lipinski definition) is 1. The van der Waals surface area contributed by atoms with Gasteiger partial charge in [-0.05, 0) is 48.4 Å². The van der Waals surface area contributed by atoms with Crippen LogP contribution in [-0.2, 0) is 16.0 Å². The molecular weight excluding hydrogens is 365 g/mol. The minimum Gasteiger partial charge on any atom is -0.454 e. The highest BCUT2D eigenvalue weighted by molar-refractivity contribution is 6.36. The molecule has 0 aromatic heterocycles. The molecule has 1 heterocycles. The number of benzene rings is 2. The van der Waals surface area contributed by atoms with Gasteiger partial charge in [0.2, 0.25) is 5.91 Å². The van der Waals surface area contributed by atoms with Crippen LogP contribution >= 0.6 is 23.2 Å². The Bertz CT molecular complexity index is 879. The number of rotatable bonds is 4. The Kier molecular flexibility index (Phi) is 5.06. The van der Waals surface area contributed by atoms with Gasteiger partial charge in [-0.2, -0.15) is 0 Å². The standard InChI is InChI=1S/C18H13Cl2NO4/c19-12-3-4-13(14(20)8-12)18(24)25-9-16(22)11-1-5-15-10(7-11)2-6-17(23)21-15/h1,3-5,7-8H,2,6,9H2,(H,21,23). The second kappa shape index (κ2) is 7.25. The van der Waals surface area contributed by atoms with Gasteiger partial charge in [0, 0.05) is 22.7 Å². The number of nitrogens with one attached hydrogen (secondary N) is 1. The third-order valence-electron chi connectivity index (χ3n) is 3.81. The average molecular weight is 378 g/mol. The summed E-state index contributed by atoms with van der Waals surface area (Å²) in [5.41, 5.74) is 2.16. The quantitative estimate of drug-likeness (QED) is 0.647. The minimum absolute atomic E-state index is 0.0413. The first kappa shape index (κ1) is 17.5. The molecule has 7 heteroatoms. The molecule has 0 aliphatic carbocycles. The molecule has 0 bridgehead atoms. The van der Waals surface area contributed by atoms with Gasteiger partial charge in [0.1, 0.15) is 0 Å². The third kappa shape index (κ3) is 4.00. The molecule has 0 fully saturated rings. The number of halogens is 2. The molecule has 0 radical (unpaired) electrons. The molecule has 2 aromatic carbocycles. The molecule has 0 saturated carbocycles. The highest BCUT2D eigenvalue weighted by atomic mass is 35.5. The maximum absolute atomic E-state index is 12.3. The predicted octanol–water partition coefficient (Wildman–Crippen LogP) is 3.92. The highest BCUT2D eigenvalue weighted by Gasteiger charge is 2.18. The van der Waals surface area contributed by atoms with E-state index in [9.17, 15) is 14.4 Å². The number of amides is 1. The van der Waals surface area contributed by atoms with Crippen molar-refractivity contribution in [3.05, 3.63) is 63.1 Å². The Labute approximate surface area is 153 Å². The molecule has 0 atom stereocenters. The first-order valence-electron chi connectivity index (χ1n) is 7.52. The lowest BCUT2D eigenvalue weighted by Gasteiger charge is -2.17. The van der Waals surface area contributed by atoms with E-state index in [1.54, 1.807) is 18.2 Å². The predicted molar refractivity (Wildman–Crippen MR) is 94.5 cm³/mol. The molecule has 2 aromatic rings. The SMILES string of the molecule is O=C1CCc2cc(C(=O)COC(=O)c3ccc(Cl)cc3Cl)ccc2N1. The summed E-state index contributed by atoms with van der Waals surface area (Å²) in [6.07, 6.45) is 0.956. The van der Waals surface area contributed by atoms with Crippen molar-refractivity contribution < 1.29 is 19.1 Å². The fourth-order valence-electron chi connectivity index (χ4n) is 2.50.